The van der Waals surface area contributed by atoms with E-state index in [1.54, 1.807) is 6.92 Å². The maximum atomic E-state index is 11.2. The quantitative estimate of drug-likeness (QED) is 0.608. The van der Waals surface area contributed by atoms with Gasteiger partial charge in [0.15, 0.2) is 0 Å². The highest BCUT2D eigenvalue weighted by Gasteiger charge is 2.32. The predicted molar refractivity (Wildman–Crippen MR) is 45.3 cm³/mol. The molecule has 0 aromatic rings. The number of nitrogens with zero attached hydrogens (tertiary/aromatic N) is 1. The zero-order valence-electron chi connectivity index (χ0n) is 7.63. The molecule has 0 spiro atoms. The molecule has 0 radical (unpaired) electrons. The Morgan fingerprint density at radius 2 is 2.18 bits per heavy atom. The van der Waals surface area contributed by atoms with Crippen molar-refractivity contribution in [1.82, 2.24) is 4.90 Å². The molecule has 0 bridgehead atoms. The fraction of sp³-hybridized carbons (Fsp3) is 0.889. The normalized spacial score (nSPS) is 19.5. The van der Waals surface area contributed by atoms with Gasteiger partial charge >= 0.3 is 0 Å². The third kappa shape index (κ3) is 1.95. The number of carbonyl (C=O) groups is 1. The summed E-state index contributed by atoms with van der Waals surface area (Å²) in [6.07, 6.45) is 3.49. The Bertz CT molecular complexity index is 152. The van der Waals surface area contributed by atoms with Crippen LogP contribution >= 0.6 is 0 Å². The Labute approximate surface area is 68.6 Å². The van der Waals surface area contributed by atoms with Gasteiger partial charge in [0.2, 0.25) is 5.91 Å². The summed E-state index contributed by atoms with van der Waals surface area (Å²) in [4.78, 5) is 13.2. The van der Waals surface area contributed by atoms with Crippen molar-refractivity contribution in [2.75, 3.05) is 0 Å². The van der Waals surface area contributed by atoms with Crippen molar-refractivity contribution in [2.24, 2.45) is 0 Å². The van der Waals surface area contributed by atoms with E-state index >= 15 is 0 Å². The van der Waals surface area contributed by atoms with Crippen LogP contribution in [0.25, 0.3) is 0 Å². The van der Waals surface area contributed by atoms with E-state index in [0.717, 1.165) is 6.42 Å². The number of rotatable bonds is 3. The minimum atomic E-state index is 0.238. The molecule has 64 valence electrons. The first-order valence-corrected chi connectivity index (χ1v) is 4.45. The lowest BCUT2D eigenvalue weighted by atomic mass is 10.2. The maximum Gasteiger partial charge on any atom is 0.219 e. The number of hydrogen-bond donors (Lipinski definition) is 0. The van der Waals surface area contributed by atoms with Crippen molar-refractivity contribution in [1.29, 1.82) is 0 Å². The summed E-state index contributed by atoms with van der Waals surface area (Å²) in [6, 6.07) is 1.00. The lowest BCUT2D eigenvalue weighted by molar-refractivity contribution is -0.131. The largest absolute Gasteiger partial charge is 0.337 e. The minimum Gasteiger partial charge on any atom is -0.337 e. The lowest BCUT2D eigenvalue weighted by Gasteiger charge is -2.27. The Hall–Kier alpha value is -0.530. The molecule has 2 nitrogen and oxygen atoms in total. The summed E-state index contributed by atoms with van der Waals surface area (Å²) in [5.74, 6) is 0.238. The summed E-state index contributed by atoms with van der Waals surface area (Å²) in [7, 11) is 0. The first-order valence-electron chi connectivity index (χ1n) is 4.45. The SMILES string of the molecule is CCC(C)N(C(C)=O)C1CC1. The molecule has 1 rings (SSSR count). The van der Waals surface area contributed by atoms with Gasteiger partial charge in [-0.05, 0) is 26.2 Å². The van der Waals surface area contributed by atoms with Gasteiger partial charge in [0.25, 0.3) is 0 Å². The first-order chi connectivity index (χ1) is 5.16. The zero-order chi connectivity index (χ0) is 8.43. The molecule has 0 saturated heterocycles. The van der Waals surface area contributed by atoms with Gasteiger partial charge in [0.1, 0.15) is 0 Å². The van der Waals surface area contributed by atoms with Crippen LogP contribution in [0.1, 0.15) is 40.0 Å². The fourth-order valence-electron chi connectivity index (χ4n) is 1.48. The highest BCUT2D eigenvalue weighted by atomic mass is 16.2. The van der Waals surface area contributed by atoms with Gasteiger partial charge in [0.05, 0.1) is 0 Å². The molecule has 1 aliphatic rings. The molecule has 1 unspecified atom stereocenters. The van der Waals surface area contributed by atoms with Crippen molar-refractivity contribution in [3.63, 3.8) is 0 Å². The van der Waals surface area contributed by atoms with Gasteiger partial charge in [-0.25, -0.2) is 0 Å². The van der Waals surface area contributed by atoms with Crippen molar-refractivity contribution in [2.45, 2.75) is 52.1 Å². The zero-order valence-corrected chi connectivity index (χ0v) is 7.63. The maximum absolute atomic E-state index is 11.2. The third-order valence-corrected chi connectivity index (χ3v) is 2.37. The van der Waals surface area contributed by atoms with E-state index in [4.69, 9.17) is 0 Å². The van der Waals surface area contributed by atoms with Gasteiger partial charge in [0, 0.05) is 19.0 Å². The van der Waals surface area contributed by atoms with E-state index in [9.17, 15) is 4.79 Å². The van der Waals surface area contributed by atoms with Gasteiger partial charge in [-0.15, -0.1) is 0 Å². The predicted octanol–water partition coefficient (Wildman–Crippen LogP) is 1.80. The summed E-state index contributed by atoms with van der Waals surface area (Å²) in [6.45, 7) is 5.92. The summed E-state index contributed by atoms with van der Waals surface area (Å²) >= 11 is 0. The van der Waals surface area contributed by atoms with Crippen LogP contribution in [0.3, 0.4) is 0 Å². The summed E-state index contributed by atoms with van der Waals surface area (Å²) < 4.78 is 0. The van der Waals surface area contributed by atoms with Crippen LogP contribution in [0.4, 0.5) is 0 Å². The molecule has 1 amide bonds. The summed E-state index contributed by atoms with van der Waals surface area (Å²) in [5.41, 5.74) is 0. The Balaban J connectivity index is 2.50. The number of carbonyl (C=O) groups excluding carboxylic acids is 1. The monoisotopic (exact) mass is 155 g/mol. The smallest absolute Gasteiger partial charge is 0.219 e. The highest BCUT2D eigenvalue weighted by molar-refractivity contribution is 5.74. The minimum absolute atomic E-state index is 0.238. The molecular weight excluding hydrogens is 138 g/mol. The van der Waals surface area contributed by atoms with Gasteiger partial charge in [-0.2, -0.15) is 0 Å². The van der Waals surface area contributed by atoms with Crippen LogP contribution in [0, 0.1) is 0 Å². The van der Waals surface area contributed by atoms with E-state index in [-0.39, 0.29) is 5.91 Å². The Kier molecular flexibility index (Phi) is 2.53. The molecule has 11 heavy (non-hydrogen) atoms. The summed E-state index contributed by atoms with van der Waals surface area (Å²) in [5, 5.41) is 0. The molecule has 1 fully saturated rings. The fourth-order valence-corrected chi connectivity index (χ4v) is 1.48. The number of hydrogen-bond acceptors (Lipinski definition) is 1. The molecule has 0 heterocycles. The standard InChI is InChI=1S/C9H17NO/c1-4-7(2)10(8(3)11)9-5-6-9/h7,9H,4-6H2,1-3H3. The molecule has 1 aliphatic carbocycles. The van der Waals surface area contributed by atoms with Gasteiger partial charge in [-0.1, -0.05) is 6.92 Å². The third-order valence-electron chi connectivity index (χ3n) is 2.37. The molecule has 2 heteroatoms. The second-order valence-corrected chi connectivity index (χ2v) is 3.41. The second-order valence-electron chi connectivity index (χ2n) is 3.41. The van der Waals surface area contributed by atoms with Crippen molar-refractivity contribution in [3.8, 4) is 0 Å². The second kappa shape index (κ2) is 3.24. The molecule has 0 aromatic carbocycles. The topological polar surface area (TPSA) is 20.3 Å². The first kappa shape index (κ1) is 8.57. The van der Waals surface area contributed by atoms with E-state index < -0.39 is 0 Å². The molecule has 0 aliphatic heterocycles. The average molecular weight is 155 g/mol. The van der Waals surface area contributed by atoms with Crippen molar-refractivity contribution >= 4 is 5.91 Å². The highest BCUT2D eigenvalue weighted by Crippen LogP contribution is 2.29. The molecule has 0 N–H and O–H groups in total. The Morgan fingerprint density at radius 1 is 1.64 bits per heavy atom. The van der Waals surface area contributed by atoms with E-state index in [1.807, 2.05) is 4.90 Å². The average Bonchev–Trinajstić information content (AvgIpc) is 2.71. The van der Waals surface area contributed by atoms with Crippen molar-refractivity contribution in [3.05, 3.63) is 0 Å². The molecule has 1 atom stereocenters. The van der Waals surface area contributed by atoms with E-state index in [2.05, 4.69) is 13.8 Å². The molecular formula is C9H17NO. The van der Waals surface area contributed by atoms with Crippen LogP contribution in [0.15, 0.2) is 0 Å². The lowest BCUT2D eigenvalue weighted by Crippen LogP contribution is -2.38. The van der Waals surface area contributed by atoms with Crippen LogP contribution < -0.4 is 0 Å². The van der Waals surface area contributed by atoms with Crippen LogP contribution in [-0.4, -0.2) is 22.9 Å². The van der Waals surface area contributed by atoms with Crippen molar-refractivity contribution < 1.29 is 4.79 Å². The molecule has 1 saturated carbocycles. The molecule has 0 aromatic heterocycles. The van der Waals surface area contributed by atoms with E-state index in [0.29, 0.717) is 12.1 Å². The van der Waals surface area contributed by atoms with Crippen LogP contribution in [0.5, 0.6) is 0 Å². The van der Waals surface area contributed by atoms with Gasteiger partial charge < -0.3 is 4.90 Å². The Morgan fingerprint density at radius 3 is 2.45 bits per heavy atom. The van der Waals surface area contributed by atoms with Crippen LogP contribution in [0.2, 0.25) is 0 Å². The van der Waals surface area contributed by atoms with Crippen LogP contribution in [-0.2, 0) is 4.79 Å². The van der Waals surface area contributed by atoms with E-state index in [1.165, 1.54) is 12.8 Å². The number of amides is 1. The van der Waals surface area contributed by atoms with Gasteiger partial charge in [-0.3, -0.25) is 4.79 Å².